The molecule has 0 aromatic rings. The minimum absolute atomic E-state index is 0.0330. The van der Waals surface area contributed by atoms with Crippen molar-refractivity contribution < 1.29 is 19.7 Å². The molecule has 0 fully saturated rings. The number of nitrogens with one attached hydrogen (secondary N) is 1. The van der Waals surface area contributed by atoms with E-state index < -0.39 is 5.97 Å². The van der Waals surface area contributed by atoms with Crippen molar-refractivity contribution in [2.24, 2.45) is 0 Å². The fourth-order valence-corrected chi connectivity index (χ4v) is 0.772. The van der Waals surface area contributed by atoms with E-state index in [1.165, 1.54) is 13.2 Å². The van der Waals surface area contributed by atoms with E-state index >= 15 is 0 Å². The quantitative estimate of drug-likeness (QED) is 0.458. The number of aliphatic carboxylic acids is 1. The number of methoxy groups -OCH3 is 1. The lowest BCUT2D eigenvalue weighted by Crippen LogP contribution is -2.36. The molecule has 1 unspecified atom stereocenters. The molecule has 76 valence electrons. The third-order valence-corrected chi connectivity index (χ3v) is 1.37. The Bertz CT molecular complexity index is 170. The molecule has 0 aliphatic rings. The van der Waals surface area contributed by atoms with Gasteiger partial charge < -0.3 is 20.3 Å². The Morgan fingerprint density at radius 1 is 1.69 bits per heavy atom. The van der Waals surface area contributed by atoms with Crippen molar-refractivity contribution in [3.8, 4) is 0 Å². The fraction of sp³-hybridized carbons (Fsp3) is 0.625. The summed E-state index contributed by atoms with van der Waals surface area (Å²) in [5, 5.41) is 19.9. The van der Waals surface area contributed by atoms with Gasteiger partial charge in [-0.15, -0.1) is 0 Å². The van der Waals surface area contributed by atoms with Crippen molar-refractivity contribution in [1.82, 2.24) is 5.32 Å². The summed E-state index contributed by atoms with van der Waals surface area (Å²) < 4.78 is 4.81. The Kier molecular flexibility index (Phi) is 7.18. The first-order valence-electron chi connectivity index (χ1n) is 3.93. The highest BCUT2D eigenvalue weighted by atomic mass is 16.5. The Labute approximate surface area is 77.0 Å². The number of carboxylic acid groups (broad SMARTS) is 1. The van der Waals surface area contributed by atoms with Crippen LogP contribution < -0.4 is 5.32 Å². The largest absolute Gasteiger partial charge is 0.478 e. The van der Waals surface area contributed by atoms with Crippen molar-refractivity contribution in [3.63, 3.8) is 0 Å². The van der Waals surface area contributed by atoms with E-state index in [9.17, 15) is 4.79 Å². The first kappa shape index (κ1) is 12.1. The van der Waals surface area contributed by atoms with Crippen LogP contribution in [0.1, 0.15) is 0 Å². The standard InChI is InChI=1S/C8H15NO4/c1-13-6-7(5-10)9-4-2-3-8(11)12/h2-3,7,9-10H,4-6H2,1H3,(H,11,12)/b3-2+. The van der Waals surface area contributed by atoms with Crippen molar-refractivity contribution in [2.75, 3.05) is 26.9 Å². The highest BCUT2D eigenvalue weighted by Gasteiger charge is 2.03. The minimum Gasteiger partial charge on any atom is -0.478 e. The van der Waals surface area contributed by atoms with Gasteiger partial charge in [0, 0.05) is 19.7 Å². The zero-order chi connectivity index (χ0) is 10.1. The van der Waals surface area contributed by atoms with E-state index in [-0.39, 0.29) is 12.6 Å². The molecule has 5 heteroatoms. The lowest BCUT2D eigenvalue weighted by atomic mass is 10.3. The summed E-state index contributed by atoms with van der Waals surface area (Å²) in [6.45, 7) is 0.771. The predicted octanol–water partition coefficient (Wildman–Crippen LogP) is -0.776. The summed E-state index contributed by atoms with van der Waals surface area (Å²) in [4.78, 5) is 10.1. The monoisotopic (exact) mass is 189 g/mol. The lowest BCUT2D eigenvalue weighted by molar-refractivity contribution is -0.131. The molecule has 0 aromatic heterocycles. The van der Waals surface area contributed by atoms with Crippen LogP contribution in [0.25, 0.3) is 0 Å². The van der Waals surface area contributed by atoms with Crippen molar-refractivity contribution in [1.29, 1.82) is 0 Å². The van der Waals surface area contributed by atoms with Gasteiger partial charge in [0.25, 0.3) is 0 Å². The number of carboxylic acids is 1. The summed E-state index contributed by atoms with van der Waals surface area (Å²) in [6.07, 6.45) is 2.52. The van der Waals surface area contributed by atoms with Crippen LogP contribution in [-0.2, 0) is 9.53 Å². The van der Waals surface area contributed by atoms with Gasteiger partial charge in [-0.1, -0.05) is 6.08 Å². The number of rotatable bonds is 7. The van der Waals surface area contributed by atoms with Gasteiger partial charge in [0.05, 0.1) is 19.3 Å². The van der Waals surface area contributed by atoms with Gasteiger partial charge in [0.15, 0.2) is 0 Å². The zero-order valence-corrected chi connectivity index (χ0v) is 7.56. The maximum absolute atomic E-state index is 10.1. The van der Waals surface area contributed by atoms with Gasteiger partial charge in [-0.3, -0.25) is 0 Å². The van der Waals surface area contributed by atoms with E-state index in [1.54, 1.807) is 0 Å². The number of hydrogen-bond donors (Lipinski definition) is 3. The number of hydrogen-bond acceptors (Lipinski definition) is 4. The van der Waals surface area contributed by atoms with E-state index in [0.29, 0.717) is 13.2 Å². The van der Waals surface area contributed by atoms with Crippen LogP contribution in [0.5, 0.6) is 0 Å². The molecule has 13 heavy (non-hydrogen) atoms. The molecule has 0 rings (SSSR count). The topological polar surface area (TPSA) is 78.8 Å². The van der Waals surface area contributed by atoms with E-state index in [2.05, 4.69) is 5.32 Å². The molecule has 1 atom stereocenters. The molecular weight excluding hydrogens is 174 g/mol. The van der Waals surface area contributed by atoms with Gasteiger partial charge in [0.1, 0.15) is 0 Å². The first-order valence-corrected chi connectivity index (χ1v) is 3.93. The molecule has 0 heterocycles. The van der Waals surface area contributed by atoms with Crippen LogP contribution in [0, 0.1) is 0 Å². The smallest absolute Gasteiger partial charge is 0.328 e. The summed E-state index contributed by atoms with van der Waals surface area (Å²) >= 11 is 0. The molecule has 0 bridgehead atoms. The number of aliphatic hydroxyl groups excluding tert-OH is 1. The van der Waals surface area contributed by atoms with Crippen molar-refractivity contribution in [2.45, 2.75) is 6.04 Å². The number of aliphatic hydroxyl groups is 1. The predicted molar refractivity (Wildman–Crippen MR) is 47.5 cm³/mol. The van der Waals surface area contributed by atoms with Crippen LogP contribution in [-0.4, -0.2) is 49.1 Å². The molecule has 0 spiro atoms. The normalized spacial score (nSPS) is 13.4. The molecule has 0 saturated carbocycles. The number of carbonyl (C=O) groups is 1. The summed E-state index contributed by atoms with van der Waals surface area (Å²) in [5.41, 5.74) is 0. The number of ether oxygens (including phenoxy) is 1. The van der Waals surface area contributed by atoms with Gasteiger partial charge >= 0.3 is 5.97 Å². The minimum atomic E-state index is -0.978. The van der Waals surface area contributed by atoms with E-state index in [4.69, 9.17) is 14.9 Å². The zero-order valence-electron chi connectivity index (χ0n) is 7.56. The van der Waals surface area contributed by atoms with E-state index in [0.717, 1.165) is 6.08 Å². The molecule has 5 nitrogen and oxygen atoms in total. The molecule has 0 aliphatic heterocycles. The highest BCUT2D eigenvalue weighted by molar-refractivity contribution is 5.79. The third-order valence-electron chi connectivity index (χ3n) is 1.37. The molecule has 0 amide bonds. The average molecular weight is 189 g/mol. The van der Waals surface area contributed by atoms with Crippen LogP contribution in [0.2, 0.25) is 0 Å². The van der Waals surface area contributed by atoms with Gasteiger partial charge in [-0.2, -0.15) is 0 Å². The van der Waals surface area contributed by atoms with Crippen LogP contribution in [0.4, 0.5) is 0 Å². The molecule has 0 radical (unpaired) electrons. The second-order valence-corrected chi connectivity index (χ2v) is 2.48. The maximum Gasteiger partial charge on any atom is 0.328 e. The Morgan fingerprint density at radius 3 is 2.85 bits per heavy atom. The summed E-state index contributed by atoms with van der Waals surface area (Å²) in [7, 11) is 1.54. The molecule has 0 aliphatic carbocycles. The van der Waals surface area contributed by atoms with E-state index in [1.807, 2.05) is 0 Å². The Hall–Kier alpha value is -0.910. The summed E-state index contributed by atoms with van der Waals surface area (Å²) in [6, 6.07) is -0.150. The average Bonchev–Trinajstić information content (AvgIpc) is 2.10. The van der Waals surface area contributed by atoms with Crippen LogP contribution in [0.15, 0.2) is 12.2 Å². The Balaban J connectivity index is 3.54. The molecular formula is C8H15NO4. The Morgan fingerprint density at radius 2 is 2.38 bits per heavy atom. The van der Waals surface area contributed by atoms with Crippen LogP contribution in [0.3, 0.4) is 0 Å². The fourth-order valence-electron chi connectivity index (χ4n) is 0.772. The second kappa shape index (κ2) is 7.72. The first-order chi connectivity index (χ1) is 6.20. The highest BCUT2D eigenvalue weighted by Crippen LogP contribution is 1.82. The SMILES string of the molecule is COCC(CO)NC/C=C/C(=O)O. The molecule has 3 N–H and O–H groups in total. The van der Waals surface area contributed by atoms with Crippen molar-refractivity contribution >= 4 is 5.97 Å². The van der Waals surface area contributed by atoms with Gasteiger partial charge in [0.2, 0.25) is 0 Å². The van der Waals surface area contributed by atoms with Crippen LogP contribution >= 0.6 is 0 Å². The molecule has 0 saturated heterocycles. The van der Waals surface area contributed by atoms with Crippen molar-refractivity contribution in [3.05, 3.63) is 12.2 Å². The van der Waals surface area contributed by atoms with Gasteiger partial charge in [-0.05, 0) is 0 Å². The lowest BCUT2D eigenvalue weighted by Gasteiger charge is -2.12. The summed E-state index contributed by atoms with van der Waals surface area (Å²) in [5.74, 6) is -0.978. The maximum atomic E-state index is 10.1. The second-order valence-electron chi connectivity index (χ2n) is 2.48. The third kappa shape index (κ3) is 7.45. The molecule has 0 aromatic carbocycles. The van der Waals surface area contributed by atoms with Gasteiger partial charge in [-0.25, -0.2) is 4.79 Å².